The number of hydrogen-bond acceptors (Lipinski definition) is 5. The third-order valence-corrected chi connectivity index (χ3v) is 2.44. The number of aldehydes is 1. The summed E-state index contributed by atoms with van der Waals surface area (Å²) in [5.41, 5.74) is 0.515. The molecule has 0 saturated carbocycles. The quantitative estimate of drug-likeness (QED) is 0.436. The Kier molecular flexibility index (Phi) is 5.17. The van der Waals surface area contributed by atoms with Crippen LogP contribution in [-0.4, -0.2) is 33.1 Å². The first kappa shape index (κ1) is 14.0. The van der Waals surface area contributed by atoms with Crippen LogP contribution in [0.25, 0.3) is 0 Å². The number of methoxy groups -OCH3 is 2. The SMILES string of the molecule is CCOC(=O)C(C=O)c1ccc(OC)c(OC)c1. The summed E-state index contributed by atoms with van der Waals surface area (Å²) in [6, 6.07) is 4.87. The zero-order chi connectivity index (χ0) is 13.5. The average Bonchev–Trinajstić information content (AvgIpc) is 2.39. The van der Waals surface area contributed by atoms with Crippen molar-refractivity contribution in [3.63, 3.8) is 0 Å². The van der Waals surface area contributed by atoms with Crippen LogP contribution in [0.2, 0.25) is 0 Å². The maximum Gasteiger partial charge on any atom is 0.320 e. The first-order chi connectivity index (χ1) is 8.67. The Morgan fingerprint density at radius 3 is 2.44 bits per heavy atom. The Bertz CT molecular complexity index is 427. The van der Waals surface area contributed by atoms with Crippen molar-refractivity contribution in [2.24, 2.45) is 0 Å². The maximum atomic E-state index is 11.6. The molecule has 0 aliphatic rings. The molecule has 98 valence electrons. The van der Waals surface area contributed by atoms with E-state index < -0.39 is 11.9 Å². The first-order valence-electron chi connectivity index (χ1n) is 5.51. The minimum absolute atomic E-state index is 0.233. The molecule has 1 aromatic rings. The van der Waals surface area contributed by atoms with E-state index in [0.29, 0.717) is 23.3 Å². The number of esters is 1. The second-order valence-corrected chi connectivity index (χ2v) is 3.48. The van der Waals surface area contributed by atoms with E-state index in [1.54, 1.807) is 25.1 Å². The number of hydrogen-bond donors (Lipinski definition) is 0. The number of ether oxygens (including phenoxy) is 3. The maximum absolute atomic E-state index is 11.6. The fourth-order valence-corrected chi connectivity index (χ4v) is 1.55. The molecule has 0 aromatic heterocycles. The summed E-state index contributed by atoms with van der Waals surface area (Å²) < 4.78 is 15.0. The minimum Gasteiger partial charge on any atom is -0.493 e. The third-order valence-electron chi connectivity index (χ3n) is 2.44. The van der Waals surface area contributed by atoms with Crippen LogP contribution in [0.1, 0.15) is 18.4 Å². The Labute approximate surface area is 106 Å². The lowest BCUT2D eigenvalue weighted by Crippen LogP contribution is -2.17. The molecule has 1 atom stereocenters. The van der Waals surface area contributed by atoms with Gasteiger partial charge < -0.3 is 19.0 Å². The predicted molar refractivity (Wildman–Crippen MR) is 65.0 cm³/mol. The topological polar surface area (TPSA) is 61.8 Å². The van der Waals surface area contributed by atoms with Gasteiger partial charge in [0.1, 0.15) is 12.2 Å². The molecule has 1 unspecified atom stereocenters. The second-order valence-electron chi connectivity index (χ2n) is 3.48. The predicted octanol–water partition coefficient (Wildman–Crippen LogP) is 1.55. The highest BCUT2D eigenvalue weighted by Crippen LogP contribution is 2.30. The van der Waals surface area contributed by atoms with Gasteiger partial charge in [-0.05, 0) is 24.6 Å². The van der Waals surface area contributed by atoms with Gasteiger partial charge in [-0.3, -0.25) is 4.79 Å². The normalized spacial score (nSPS) is 11.5. The van der Waals surface area contributed by atoms with E-state index >= 15 is 0 Å². The van der Waals surface area contributed by atoms with Crippen LogP contribution in [0.3, 0.4) is 0 Å². The second kappa shape index (κ2) is 6.64. The average molecular weight is 252 g/mol. The van der Waals surface area contributed by atoms with Gasteiger partial charge in [0.2, 0.25) is 0 Å². The van der Waals surface area contributed by atoms with Crippen LogP contribution in [0.15, 0.2) is 18.2 Å². The fraction of sp³-hybridized carbons (Fsp3) is 0.385. The Balaban J connectivity index is 3.07. The molecule has 0 aliphatic heterocycles. The molecular weight excluding hydrogens is 236 g/mol. The van der Waals surface area contributed by atoms with Crippen LogP contribution in [0.4, 0.5) is 0 Å². The van der Waals surface area contributed by atoms with Crippen molar-refractivity contribution < 1.29 is 23.8 Å². The Morgan fingerprint density at radius 1 is 1.28 bits per heavy atom. The molecule has 5 heteroatoms. The van der Waals surface area contributed by atoms with E-state index in [2.05, 4.69) is 0 Å². The molecule has 1 rings (SSSR count). The highest BCUT2D eigenvalue weighted by molar-refractivity contribution is 5.94. The van der Waals surface area contributed by atoms with Gasteiger partial charge in [-0.25, -0.2) is 0 Å². The van der Waals surface area contributed by atoms with Crippen LogP contribution in [-0.2, 0) is 14.3 Å². The third kappa shape index (κ3) is 3.00. The van der Waals surface area contributed by atoms with E-state index in [1.165, 1.54) is 14.2 Å². The lowest BCUT2D eigenvalue weighted by Gasteiger charge is -2.13. The van der Waals surface area contributed by atoms with Crippen LogP contribution >= 0.6 is 0 Å². The van der Waals surface area contributed by atoms with Gasteiger partial charge in [-0.15, -0.1) is 0 Å². The van der Waals surface area contributed by atoms with Crippen molar-refractivity contribution in [2.45, 2.75) is 12.8 Å². The summed E-state index contributed by atoms with van der Waals surface area (Å²) in [6.07, 6.45) is 0.555. The molecule has 0 saturated heterocycles. The molecule has 1 aromatic carbocycles. The largest absolute Gasteiger partial charge is 0.493 e. The molecule has 0 radical (unpaired) electrons. The van der Waals surface area contributed by atoms with E-state index in [9.17, 15) is 9.59 Å². The summed E-state index contributed by atoms with van der Waals surface area (Å²) in [5.74, 6) is -0.509. The summed E-state index contributed by atoms with van der Waals surface area (Å²) in [5, 5.41) is 0. The zero-order valence-corrected chi connectivity index (χ0v) is 10.6. The van der Waals surface area contributed by atoms with E-state index in [1.807, 2.05) is 0 Å². The van der Waals surface area contributed by atoms with Gasteiger partial charge in [-0.1, -0.05) is 6.07 Å². The van der Waals surface area contributed by atoms with Crippen LogP contribution in [0.5, 0.6) is 11.5 Å². The monoisotopic (exact) mass is 252 g/mol. The molecule has 0 spiro atoms. The summed E-state index contributed by atoms with van der Waals surface area (Å²) in [4.78, 5) is 22.6. The molecule has 0 aliphatic carbocycles. The number of carbonyl (C=O) groups excluding carboxylic acids is 2. The number of benzene rings is 1. The molecular formula is C13H16O5. The first-order valence-corrected chi connectivity index (χ1v) is 5.51. The van der Waals surface area contributed by atoms with E-state index in [-0.39, 0.29) is 6.61 Å². The summed E-state index contributed by atoms with van der Waals surface area (Å²) in [7, 11) is 3.00. The van der Waals surface area contributed by atoms with Gasteiger partial charge in [0.05, 0.1) is 20.8 Å². The van der Waals surface area contributed by atoms with Crippen molar-refractivity contribution >= 4 is 12.3 Å². The highest BCUT2D eigenvalue weighted by atomic mass is 16.5. The summed E-state index contributed by atoms with van der Waals surface area (Å²) in [6.45, 7) is 1.92. The molecule has 5 nitrogen and oxygen atoms in total. The molecule has 0 amide bonds. The fourth-order valence-electron chi connectivity index (χ4n) is 1.55. The lowest BCUT2D eigenvalue weighted by atomic mass is 10.0. The lowest BCUT2D eigenvalue weighted by molar-refractivity contribution is -0.146. The van der Waals surface area contributed by atoms with Gasteiger partial charge in [0, 0.05) is 0 Å². The van der Waals surface area contributed by atoms with Gasteiger partial charge in [0.15, 0.2) is 11.5 Å². The standard InChI is InChI=1S/C13H16O5/c1-4-18-13(15)10(8-14)9-5-6-11(16-2)12(7-9)17-3/h5-8,10H,4H2,1-3H3. The smallest absolute Gasteiger partial charge is 0.320 e. The van der Waals surface area contributed by atoms with Gasteiger partial charge in [0.25, 0.3) is 0 Å². The van der Waals surface area contributed by atoms with Crippen LogP contribution in [0, 0.1) is 0 Å². The molecule has 0 N–H and O–H groups in total. The van der Waals surface area contributed by atoms with Crippen molar-refractivity contribution in [3.8, 4) is 11.5 Å². The van der Waals surface area contributed by atoms with Crippen molar-refractivity contribution in [2.75, 3.05) is 20.8 Å². The summed E-state index contributed by atoms with van der Waals surface area (Å²) >= 11 is 0. The van der Waals surface area contributed by atoms with Crippen molar-refractivity contribution in [1.29, 1.82) is 0 Å². The highest BCUT2D eigenvalue weighted by Gasteiger charge is 2.22. The van der Waals surface area contributed by atoms with E-state index in [4.69, 9.17) is 14.2 Å². The molecule has 0 heterocycles. The Hall–Kier alpha value is -2.04. The molecule has 18 heavy (non-hydrogen) atoms. The number of rotatable bonds is 6. The van der Waals surface area contributed by atoms with Gasteiger partial charge in [-0.2, -0.15) is 0 Å². The van der Waals surface area contributed by atoms with Crippen molar-refractivity contribution in [1.82, 2.24) is 0 Å². The van der Waals surface area contributed by atoms with Crippen LogP contribution < -0.4 is 9.47 Å². The number of carbonyl (C=O) groups is 2. The minimum atomic E-state index is -0.940. The molecule has 0 fully saturated rings. The van der Waals surface area contributed by atoms with Gasteiger partial charge >= 0.3 is 5.97 Å². The van der Waals surface area contributed by atoms with Crippen molar-refractivity contribution in [3.05, 3.63) is 23.8 Å². The van der Waals surface area contributed by atoms with E-state index in [0.717, 1.165) is 0 Å². The zero-order valence-electron chi connectivity index (χ0n) is 10.6. The molecule has 0 bridgehead atoms. The Morgan fingerprint density at radius 2 is 1.94 bits per heavy atom.